The van der Waals surface area contributed by atoms with Gasteiger partial charge in [-0.3, -0.25) is 9.78 Å². The highest BCUT2D eigenvalue weighted by molar-refractivity contribution is 5.92. The summed E-state index contributed by atoms with van der Waals surface area (Å²) in [4.78, 5) is 16.5. The van der Waals surface area contributed by atoms with E-state index in [2.05, 4.69) is 10.3 Å². The molecule has 2 heterocycles. The number of para-hydroxylation sites is 1. The second-order valence-electron chi connectivity index (χ2n) is 6.99. The summed E-state index contributed by atoms with van der Waals surface area (Å²) in [6.07, 6.45) is 8.75. The van der Waals surface area contributed by atoms with Gasteiger partial charge in [0.25, 0.3) is 0 Å². The van der Waals surface area contributed by atoms with Crippen molar-refractivity contribution in [2.45, 2.75) is 13.5 Å². The van der Waals surface area contributed by atoms with Crippen LogP contribution in [0.2, 0.25) is 0 Å². The van der Waals surface area contributed by atoms with E-state index in [1.165, 1.54) is 5.56 Å². The molecule has 4 rings (SSSR count). The number of pyridine rings is 1. The first-order valence-corrected chi connectivity index (χ1v) is 9.76. The average Bonchev–Trinajstić information content (AvgIpc) is 3.23. The van der Waals surface area contributed by atoms with Gasteiger partial charge in [-0.2, -0.15) is 5.10 Å². The standard InChI is InChI=1S/C25H22N4O/c1-19-9-11-20(12-10-19)16-27-24(30)14-13-22-18-29(23-7-3-2-4-8-23)28-25(22)21-6-5-15-26-17-21/h2-15,17-18H,16H2,1H3,(H,27,30)/b14-13+. The monoisotopic (exact) mass is 394 g/mol. The van der Waals surface area contributed by atoms with Crippen LogP contribution in [0.5, 0.6) is 0 Å². The lowest BCUT2D eigenvalue weighted by Crippen LogP contribution is -2.20. The summed E-state index contributed by atoms with van der Waals surface area (Å²) in [5, 5.41) is 7.65. The van der Waals surface area contributed by atoms with Crippen LogP contribution in [0.25, 0.3) is 23.0 Å². The van der Waals surface area contributed by atoms with Gasteiger partial charge in [-0.1, -0.05) is 48.0 Å². The second kappa shape index (κ2) is 9.01. The Morgan fingerprint density at radius 3 is 2.57 bits per heavy atom. The normalized spacial score (nSPS) is 11.0. The van der Waals surface area contributed by atoms with Crippen molar-refractivity contribution in [3.63, 3.8) is 0 Å². The number of hydrogen-bond donors (Lipinski definition) is 1. The molecule has 0 aliphatic heterocycles. The molecular weight excluding hydrogens is 372 g/mol. The fourth-order valence-electron chi connectivity index (χ4n) is 3.07. The van der Waals surface area contributed by atoms with E-state index in [9.17, 15) is 4.79 Å². The number of amides is 1. The van der Waals surface area contributed by atoms with Crippen LogP contribution in [0.3, 0.4) is 0 Å². The quantitative estimate of drug-likeness (QED) is 0.487. The Balaban J connectivity index is 1.55. The molecule has 5 heteroatoms. The Morgan fingerprint density at radius 2 is 1.83 bits per heavy atom. The van der Waals surface area contributed by atoms with Crippen LogP contribution in [0, 0.1) is 6.92 Å². The number of carbonyl (C=O) groups is 1. The Morgan fingerprint density at radius 1 is 1.03 bits per heavy atom. The highest BCUT2D eigenvalue weighted by Gasteiger charge is 2.11. The van der Waals surface area contributed by atoms with Crippen LogP contribution in [0.4, 0.5) is 0 Å². The second-order valence-corrected chi connectivity index (χ2v) is 6.99. The Bertz CT molecular complexity index is 1150. The van der Waals surface area contributed by atoms with E-state index in [4.69, 9.17) is 5.10 Å². The number of benzene rings is 2. The fraction of sp³-hybridized carbons (Fsp3) is 0.0800. The number of carbonyl (C=O) groups excluding carboxylic acids is 1. The maximum Gasteiger partial charge on any atom is 0.244 e. The molecule has 1 amide bonds. The Kier molecular flexibility index (Phi) is 5.80. The molecular formula is C25H22N4O. The topological polar surface area (TPSA) is 59.8 Å². The van der Waals surface area contributed by atoms with E-state index in [-0.39, 0.29) is 5.91 Å². The lowest BCUT2D eigenvalue weighted by atomic mass is 10.1. The van der Waals surface area contributed by atoms with Gasteiger partial charge >= 0.3 is 0 Å². The van der Waals surface area contributed by atoms with Crippen molar-refractivity contribution in [3.05, 3.63) is 108 Å². The molecule has 148 valence electrons. The third-order valence-corrected chi connectivity index (χ3v) is 4.70. The van der Waals surface area contributed by atoms with Crippen LogP contribution >= 0.6 is 0 Å². The molecule has 2 aromatic carbocycles. The number of aryl methyl sites for hydroxylation is 1. The predicted octanol–water partition coefficient (Wildman–Crippen LogP) is 4.57. The van der Waals surface area contributed by atoms with Crippen LogP contribution in [0.15, 0.2) is 91.4 Å². The minimum absolute atomic E-state index is 0.153. The van der Waals surface area contributed by atoms with Gasteiger partial charge < -0.3 is 5.32 Å². The van der Waals surface area contributed by atoms with Crippen molar-refractivity contribution in [2.24, 2.45) is 0 Å². The molecule has 4 aromatic rings. The Labute approximate surface area is 175 Å². The summed E-state index contributed by atoms with van der Waals surface area (Å²) in [6.45, 7) is 2.53. The molecule has 0 atom stereocenters. The van der Waals surface area contributed by atoms with Crippen LogP contribution in [0.1, 0.15) is 16.7 Å². The SMILES string of the molecule is Cc1ccc(CNC(=O)/C=C/c2cn(-c3ccccc3)nc2-c2cccnc2)cc1. The molecule has 1 N–H and O–H groups in total. The number of aromatic nitrogens is 3. The minimum Gasteiger partial charge on any atom is -0.348 e. The molecule has 30 heavy (non-hydrogen) atoms. The van der Waals surface area contributed by atoms with Crippen LogP contribution in [-0.2, 0) is 11.3 Å². The summed E-state index contributed by atoms with van der Waals surface area (Å²) in [5.41, 5.74) is 5.73. The van der Waals surface area contributed by atoms with Crippen molar-refractivity contribution in [2.75, 3.05) is 0 Å². The smallest absolute Gasteiger partial charge is 0.244 e. The van der Waals surface area contributed by atoms with E-state index in [0.29, 0.717) is 6.54 Å². The van der Waals surface area contributed by atoms with Gasteiger partial charge in [-0.05, 0) is 42.8 Å². The summed E-state index contributed by atoms with van der Waals surface area (Å²) in [5.74, 6) is -0.153. The highest BCUT2D eigenvalue weighted by atomic mass is 16.1. The Hall–Kier alpha value is -3.99. The number of rotatable bonds is 6. The van der Waals surface area contributed by atoms with Crippen LogP contribution in [-0.4, -0.2) is 20.7 Å². The number of nitrogens with one attached hydrogen (secondary N) is 1. The zero-order valence-corrected chi connectivity index (χ0v) is 16.7. The largest absolute Gasteiger partial charge is 0.348 e. The van der Waals surface area contributed by atoms with Crippen molar-refractivity contribution < 1.29 is 4.79 Å². The van der Waals surface area contributed by atoms with Gasteiger partial charge in [0.1, 0.15) is 5.69 Å². The third kappa shape index (κ3) is 4.70. The summed E-state index contributed by atoms with van der Waals surface area (Å²) in [7, 11) is 0. The fourth-order valence-corrected chi connectivity index (χ4v) is 3.07. The van der Waals surface area contributed by atoms with Crippen molar-refractivity contribution in [1.82, 2.24) is 20.1 Å². The number of hydrogen-bond acceptors (Lipinski definition) is 3. The summed E-state index contributed by atoms with van der Waals surface area (Å²) >= 11 is 0. The summed E-state index contributed by atoms with van der Waals surface area (Å²) < 4.78 is 1.81. The molecule has 0 saturated heterocycles. The first kappa shape index (κ1) is 19.3. The third-order valence-electron chi connectivity index (χ3n) is 4.70. The van der Waals surface area contributed by atoms with E-state index in [0.717, 1.165) is 28.1 Å². The molecule has 0 aliphatic rings. The van der Waals surface area contributed by atoms with Gasteiger partial charge in [0.2, 0.25) is 5.91 Å². The molecule has 0 radical (unpaired) electrons. The lowest BCUT2D eigenvalue weighted by Gasteiger charge is -2.03. The van der Waals surface area contributed by atoms with Crippen LogP contribution < -0.4 is 5.32 Å². The van der Waals surface area contributed by atoms with E-state index >= 15 is 0 Å². The molecule has 0 unspecified atom stereocenters. The van der Waals surface area contributed by atoms with Gasteiger partial charge in [-0.25, -0.2) is 4.68 Å². The van der Waals surface area contributed by atoms with E-state index in [1.54, 1.807) is 24.5 Å². The predicted molar refractivity (Wildman–Crippen MR) is 119 cm³/mol. The maximum atomic E-state index is 12.3. The molecule has 0 bridgehead atoms. The zero-order chi connectivity index (χ0) is 20.8. The summed E-state index contributed by atoms with van der Waals surface area (Å²) in [6, 6.07) is 21.8. The van der Waals surface area contributed by atoms with Gasteiger partial charge in [0.05, 0.1) is 5.69 Å². The average molecular weight is 394 g/mol. The molecule has 2 aromatic heterocycles. The van der Waals surface area contributed by atoms with Gasteiger partial charge in [-0.15, -0.1) is 0 Å². The van der Waals surface area contributed by atoms with Gasteiger partial charge in [0.15, 0.2) is 0 Å². The lowest BCUT2D eigenvalue weighted by molar-refractivity contribution is -0.116. The molecule has 0 fully saturated rings. The maximum absolute atomic E-state index is 12.3. The van der Waals surface area contributed by atoms with Gasteiger partial charge in [0, 0.05) is 42.3 Å². The van der Waals surface area contributed by atoms with E-state index < -0.39 is 0 Å². The molecule has 0 saturated carbocycles. The molecule has 5 nitrogen and oxygen atoms in total. The molecule has 0 spiro atoms. The van der Waals surface area contributed by atoms with Crippen molar-refractivity contribution in [1.29, 1.82) is 0 Å². The minimum atomic E-state index is -0.153. The molecule has 0 aliphatic carbocycles. The van der Waals surface area contributed by atoms with E-state index in [1.807, 2.05) is 84.5 Å². The highest BCUT2D eigenvalue weighted by Crippen LogP contribution is 2.24. The zero-order valence-electron chi connectivity index (χ0n) is 16.7. The van der Waals surface area contributed by atoms with Crippen molar-refractivity contribution >= 4 is 12.0 Å². The first-order chi connectivity index (χ1) is 14.7. The first-order valence-electron chi connectivity index (χ1n) is 9.76. The van der Waals surface area contributed by atoms with Crippen molar-refractivity contribution in [3.8, 4) is 16.9 Å². The number of nitrogens with zero attached hydrogens (tertiary/aromatic N) is 3.